The van der Waals surface area contributed by atoms with Crippen molar-refractivity contribution in [2.24, 2.45) is 0 Å². The molecule has 9 heteroatoms. The van der Waals surface area contributed by atoms with Gasteiger partial charge in [0.1, 0.15) is 24.2 Å². The third-order valence-electron chi connectivity index (χ3n) is 5.17. The summed E-state index contributed by atoms with van der Waals surface area (Å²) in [5.74, 6) is 0.783. The summed E-state index contributed by atoms with van der Waals surface area (Å²) in [4.78, 5) is 34.8. The number of methoxy groups -OCH3 is 1. The summed E-state index contributed by atoms with van der Waals surface area (Å²) in [6, 6.07) is 9.17. The lowest BCUT2D eigenvalue weighted by Gasteiger charge is -2.21. The van der Waals surface area contributed by atoms with Crippen LogP contribution < -0.4 is 0 Å². The standard InChI is InChI=1S/C22H23N3O6/c1-13-17(20-24-18(14(2)31-20)21(26)28-3)23-19(30-13)16-10-7-11-25(16)22(27)29-12-15-8-5-4-6-9-15/h4-6,8-9,16H,7,10-12H2,1-3H3/t16-/m0/s1. The topological polar surface area (TPSA) is 108 Å². The van der Waals surface area contributed by atoms with Crippen molar-refractivity contribution < 1.29 is 27.9 Å². The van der Waals surface area contributed by atoms with Crippen molar-refractivity contribution in [1.29, 1.82) is 0 Å². The molecular formula is C22H23N3O6. The van der Waals surface area contributed by atoms with E-state index in [1.54, 1.807) is 18.7 Å². The molecule has 162 valence electrons. The number of ether oxygens (including phenoxy) is 2. The minimum atomic E-state index is -0.586. The maximum atomic E-state index is 12.7. The molecule has 1 fully saturated rings. The zero-order valence-corrected chi connectivity index (χ0v) is 17.6. The van der Waals surface area contributed by atoms with Gasteiger partial charge in [-0.25, -0.2) is 19.6 Å². The predicted octanol–water partition coefficient (Wildman–Crippen LogP) is 4.21. The van der Waals surface area contributed by atoms with Crippen LogP contribution in [0.3, 0.4) is 0 Å². The van der Waals surface area contributed by atoms with Gasteiger partial charge in [-0.2, -0.15) is 0 Å². The van der Waals surface area contributed by atoms with E-state index in [4.69, 9.17) is 18.3 Å². The van der Waals surface area contributed by atoms with Gasteiger partial charge < -0.3 is 18.3 Å². The Bertz CT molecular complexity index is 1090. The van der Waals surface area contributed by atoms with E-state index in [0.29, 0.717) is 36.1 Å². The molecule has 3 heterocycles. The second-order valence-electron chi connectivity index (χ2n) is 7.26. The fraction of sp³-hybridized carbons (Fsp3) is 0.364. The van der Waals surface area contributed by atoms with Crippen molar-refractivity contribution >= 4 is 12.1 Å². The largest absolute Gasteiger partial charge is 0.464 e. The van der Waals surface area contributed by atoms with Crippen LogP contribution in [0.4, 0.5) is 4.79 Å². The van der Waals surface area contributed by atoms with Gasteiger partial charge in [0.2, 0.25) is 11.8 Å². The summed E-state index contributed by atoms with van der Waals surface area (Å²) >= 11 is 0. The first-order valence-electron chi connectivity index (χ1n) is 9.98. The zero-order chi connectivity index (χ0) is 22.0. The molecule has 0 spiro atoms. The highest BCUT2D eigenvalue weighted by molar-refractivity contribution is 5.88. The van der Waals surface area contributed by atoms with Crippen molar-refractivity contribution in [1.82, 2.24) is 14.9 Å². The van der Waals surface area contributed by atoms with Crippen LogP contribution in [0, 0.1) is 13.8 Å². The third-order valence-corrected chi connectivity index (χ3v) is 5.17. The number of esters is 1. The van der Waals surface area contributed by atoms with Gasteiger partial charge in [-0.1, -0.05) is 30.3 Å². The van der Waals surface area contributed by atoms with Gasteiger partial charge in [0.15, 0.2) is 11.4 Å². The first-order valence-corrected chi connectivity index (χ1v) is 9.98. The molecule has 0 aliphatic carbocycles. The van der Waals surface area contributed by atoms with Crippen LogP contribution in [0.15, 0.2) is 39.2 Å². The van der Waals surface area contributed by atoms with E-state index in [1.807, 2.05) is 30.3 Å². The van der Waals surface area contributed by atoms with E-state index in [0.717, 1.165) is 12.0 Å². The maximum absolute atomic E-state index is 12.7. The summed E-state index contributed by atoms with van der Waals surface area (Å²) in [5.41, 5.74) is 1.40. The van der Waals surface area contributed by atoms with Crippen LogP contribution in [0.1, 0.15) is 52.3 Å². The fourth-order valence-electron chi connectivity index (χ4n) is 3.59. The van der Waals surface area contributed by atoms with Crippen LogP contribution >= 0.6 is 0 Å². The van der Waals surface area contributed by atoms with Crippen LogP contribution in [-0.4, -0.2) is 40.6 Å². The van der Waals surface area contributed by atoms with Crippen molar-refractivity contribution in [2.75, 3.05) is 13.7 Å². The Morgan fingerprint density at radius 2 is 1.90 bits per heavy atom. The summed E-state index contributed by atoms with van der Waals surface area (Å²) in [5, 5.41) is 0. The average molecular weight is 425 g/mol. The van der Waals surface area contributed by atoms with Crippen LogP contribution in [0.5, 0.6) is 0 Å². The molecule has 0 saturated carbocycles. The van der Waals surface area contributed by atoms with E-state index in [9.17, 15) is 9.59 Å². The molecule has 4 rings (SSSR count). The van der Waals surface area contributed by atoms with Gasteiger partial charge in [-0.05, 0) is 32.3 Å². The Balaban J connectivity index is 1.52. The molecule has 2 aromatic heterocycles. The maximum Gasteiger partial charge on any atom is 0.410 e. The second-order valence-corrected chi connectivity index (χ2v) is 7.26. The molecule has 0 unspecified atom stereocenters. The minimum Gasteiger partial charge on any atom is -0.464 e. The first kappa shape index (κ1) is 20.6. The van der Waals surface area contributed by atoms with Crippen LogP contribution in [0.25, 0.3) is 11.6 Å². The van der Waals surface area contributed by atoms with Gasteiger partial charge in [-0.15, -0.1) is 0 Å². The summed E-state index contributed by atoms with van der Waals surface area (Å²) in [6.07, 6.45) is 1.10. The lowest BCUT2D eigenvalue weighted by molar-refractivity contribution is 0.0592. The molecule has 9 nitrogen and oxygen atoms in total. The normalized spacial score (nSPS) is 15.8. The monoisotopic (exact) mass is 425 g/mol. The van der Waals surface area contributed by atoms with E-state index < -0.39 is 12.1 Å². The van der Waals surface area contributed by atoms with Gasteiger partial charge in [0.05, 0.1) is 7.11 Å². The molecule has 0 bridgehead atoms. The van der Waals surface area contributed by atoms with Crippen LogP contribution in [-0.2, 0) is 16.1 Å². The number of aryl methyl sites for hydroxylation is 2. The molecule has 1 atom stereocenters. The van der Waals surface area contributed by atoms with Crippen molar-refractivity contribution in [3.05, 3.63) is 59.0 Å². The van der Waals surface area contributed by atoms with E-state index in [-0.39, 0.29) is 24.2 Å². The molecule has 1 saturated heterocycles. The number of hydrogen-bond acceptors (Lipinski definition) is 8. The number of amides is 1. The summed E-state index contributed by atoms with van der Waals surface area (Å²) in [7, 11) is 1.28. The number of nitrogens with zero attached hydrogens (tertiary/aromatic N) is 3. The number of carbonyl (C=O) groups is 2. The van der Waals surface area contributed by atoms with Gasteiger partial charge >= 0.3 is 12.1 Å². The van der Waals surface area contributed by atoms with Crippen molar-refractivity contribution in [3.63, 3.8) is 0 Å². The second kappa shape index (κ2) is 8.63. The highest BCUT2D eigenvalue weighted by atomic mass is 16.6. The molecule has 31 heavy (non-hydrogen) atoms. The van der Waals surface area contributed by atoms with Gasteiger partial charge in [-0.3, -0.25) is 4.90 Å². The Kier molecular flexibility index (Phi) is 5.75. The minimum absolute atomic E-state index is 0.0911. The molecule has 1 aliphatic rings. The Labute approximate surface area is 179 Å². The number of hydrogen-bond donors (Lipinski definition) is 0. The lowest BCUT2D eigenvalue weighted by atomic mass is 10.2. The smallest absolute Gasteiger partial charge is 0.410 e. The predicted molar refractivity (Wildman–Crippen MR) is 108 cm³/mol. The van der Waals surface area contributed by atoms with Crippen LogP contribution in [0.2, 0.25) is 0 Å². The van der Waals surface area contributed by atoms with Crippen molar-refractivity contribution in [3.8, 4) is 11.6 Å². The molecule has 3 aromatic rings. The lowest BCUT2D eigenvalue weighted by Crippen LogP contribution is -2.31. The highest BCUT2D eigenvalue weighted by Crippen LogP contribution is 2.35. The highest BCUT2D eigenvalue weighted by Gasteiger charge is 2.35. The van der Waals surface area contributed by atoms with Gasteiger partial charge in [0, 0.05) is 6.54 Å². The Morgan fingerprint density at radius 3 is 2.65 bits per heavy atom. The molecule has 0 N–H and O–H groups in total. The number of carbonyl (C=O) groups excluding carboxylic acids is 2. The number of benzene rings is 1. The summed E-state index contributed by atoms with van der Waals surface area (Å²) < 4.78 is 21.7. The molecule has 0 radical (unpaired) electrons. The van der Waals surface area contributed by atoms with E-state index >= 15 is 0 Å². The fourth-order valence-corrected chi connectivity index (χ4v) is 3.59. The molecule has 1 aliphatic heterocycles. The van der Waals surface area contributed by atoms with Gasteiger partial charge in [0.25, 0.3) is 0 Å². The Hall–Kier alpha value is -3.62. The third kappa shape index (κ3) is 4.16. The van der Waals surface area contributed by atoms with E-state index in [1.165, 1.54) is 7.11 Å². The average Bonchev–Trinajstić information content (AvgIpc) is 3.50. The summed E-state index contributed by atoms with van der Waals surface area (Å²) in [6.45, 7) is 4.11. The number of aromatic nitrogens is 2. The molecule has 1 aromatic carbocycles. The SMILES string of the molecule is COC(=O)c1nc(-c2nc([C@@H]3CCCN3C(=O)OCc3ccccc3)oc2C)oc1C. The number of likely N-dealkylation sites (tertiary alicyclic amines) is 1. The number of oxazole rings is 2. The van der Waals surface area contributed by atoms with E-state index in [2.05, 4.69) is 9.97 Å². The number of rotatable bonds is 5. The zero-order valence-electron chi connectivity index (χ0n) is 17.6. The quantitative estimate of drug-likeness (QED) is 0.560. The molecular weight excluding hydrogens is 402 g/mol. The Morgan fingerprint density at radius 1 is 1.13 bits per heavy atom. The first-order chi connectivity index (χ1) is 15.0. The molecule has 1 amide bonds. The van der Waals surface area contributed by atoms with Crippen molar-refractivity contribution in [2.45, 2.75) is 39.3 Å².